The van der Waals surface area contributed by atoms with E-state index in [-0.39, 0.29) is 11.8 Å². The zero-order valence-corrected chi connectivity index (χ0v) is 17.3. The molecule has 0 spiro atoms. The van der Waals surface area contributed by atoms with Crippen molar-refractivity contribution in [3.63, 3.8) is 0 Å². The van der Waals surface area contributed by atoms with E-state index in [1.165, 1.54) is 35.8 Å². The highest BCUT2D eigenvalue weighted by molar-refractivity contribution is 7.89. The van der Waals surface area contributed by atoms with E-state index in [4.69, 9.17) is 16.3 Å². The summed E-state index contributed by atoms with van der Waals surface area (Å²) in [5, 5.41) is 7.38. The van der Waals surface area contributed by atoms with Gasteiger partial charge in [-0.3, -0.25) is 4.57 Å². The van der Waals surface area contributed by atoms with Crippen LogP contribution in [0.4, 0.5) is 13.2 Å². The maximum atomic E-state index is 13.5. The molecule has 0 saturated heterocycles. The number of nitrogens with one attached hydrogen (secondary N) is 1. The van der Waals surface area contributed by atoms with E-state index in [9.17, 15) is 21.6 Å². The normalized spacial score (nSPS) is 12.7. The Bertz CT molecular complexity index is 1170. The first-order valence-electron chi connectivity index (χ1n) is 8.65. The average Bonchev–Trinajstić information content (AvgIpc) is 3.08. The van der Waals surface area contributed by atoms with Gasteiger partial charge in [-0.2, -0.15) is 0 Å². The van der Waals surface area contributed by atoms with Crippen LogP contribution in [0.25, 0.3) is 0 Å². The number of nitrogens with zero attached hydrogens (tertiary/aromatic N) is 3. The van der Waals surface area contributed by atoms with E-state index in [0.29, 0.717) is 24.4 Å². The minimum absolute atomic E-state index is 0.0658. The Morgan fingerprint density at radius 3 is 2.40 bits per heavy atom. The van der Waals surface area contributed by atoms with E-state index in [0.717, 1.165) is 0 Å². The first-order valence-corrected chi connectivity index (χ1v) is 10.5. The molecule has 1 atom stereocenters. The van der Waals surface area contributed by atoms with Gasteiger partial charge in [-0.15, -0.1) is 5.10 Å². The molecule has 1 heterocycles. The maximum absolute atomic E-state index is 13.5. The molecule has 160 valence electrons. The molecule has 0 amide bonds. The second-order valence-corrected chi connectivity index (χ2v) is 8.27. The fraction of sp³-hybridized carbons (Fsp3) is 0.222. The van der Waals surface area contributed by atoms with Gasteiger partial charge in [-0.25, -0.2) is 26.3 Å². The van der Waals surface area contributed by atoms with Crippen LogP contribution >= 0.6 is 11.6 Å². The van der Waals surface area contributed by atoms with Crippen molar-refractivity contribution < 1.29 is 26.3 Å². The van der Waals surface area contributed by atoms with Crippen LogP contribution < -0.4 is 9.46 Å². The average molecular weight is 461 g/mol. The number of benzene rings is 2. The summed E-state index contributed by atoms with van der Waals surface area (Å²) in [5.74, 6) is -2.53. The minimum atomic E-state index is -4.31. The van der Waals surface area contributed by atoms with Crippen LogP contribution in [0.3, 0.4) is 0 Å². The van der Waals surface area contributed by atoms with Gasteiger partial charge in [0.25, 0.3) is 0 Å². The van der Waals surface area contributed by atoms with Gasteiger partial charge in [0.2, 0.25) is 10.0 Å². The van der Waals surface area contributed by atoms with Crippen LogP contribution in [-0.4, -0.2) is 23.2 Å². The number of hydrogen-bond donors (Lipinski definition) is 1. The van der Waals surface area contributed by atoms with Crippen molar-refractivity contribution >= 4 is 21.6 Å². The van der Waals surface area contributed by atoms with Gasteiger partial charge < -0.3 is 4.74 Å². The van der Waals surface area contributed by atoms with Crippen molar-refractivity contribution in [2.75, 3.05) is 0 Å². The summed E-state index contributed by atoms with van der Waals surface area (Å²) in [5.41, 5.74) is 0. The zero-order valence-electron chi connectivity index (χ0n) is 15.7. The molecule has 3 aromatic rings. The number of rotatable bonds is 7. The largest absolute Gasteiger partial charge is 0.424 e. The summed E-state index contributed by atoms with van der Waals surface area (Å²) in [6, 6.07) is 5.46. The van der Waals surface area contributed by atoms with Crippen molar-refractivity contribution in [2.45, 2.75) is 31.3 Å². The lowest BCUT2D eigenvalue weighted by molar-refractivity contribution is 0.407. The Kier molecular flexibility index (Phi) is 6.34. The fourth-order valence-electron chi connectivity index (χ4n) is 2.66. The molecular formula is C18H16ClF3N4O3S. The monoisotopic (exact) mass is 460 g/mol. The summed E-state index contributed by atoms with van der Waals surface area (Å²) in [4.78, 5) is -0.611. The van der Waals surface area contributed by atoms with Crippen LogP contribution in [0.15, 0.2) is 41.3 Å². The molecule has 0 unspecified atom stereocenters. The standard InChI is InChI=1S/C18H16ClF3N4O3S/c1-3-26-17(23-24-18(26)29-12-6-4-11(20)5-7-12)10(2)25-30(27,28)16-9-15(22)14(21)8-13(16)19/h4-10,25H,3H2,1-2H3/t10-/m1/s1. The smallest absolute Gasteiger partial charge is 0.322 e. The second-order valence-electron chi connectivity index (χ2n) is 6.18. The molecule has 12 heteroatoms. The molecular weight excluding hydrogens is 445 g/mol. The van der Waals surface area contributed by atoms with E-state index in [2.05, 4.69) is 14.9 Å². The highest BCUT2D eigenvalue weighted by Crippen LogP contribution is 2.27. The number of aromatic nitrogens is 3. The van der Waals surface area contributed by atoms with Crippen molar-refractivity contribution in [1.29, 1.82) is 0 Å². The molecule has 7 nitrogen and oxygen atoms in total. The molecule has 3 rings (SSSR count). The summed E-state index contributed by atoms with van der Waals surface area (Å²) in [6.45, 7) is 3.58. The summed E-state index contributed by atoms with van der Waals surface area (Å²) >= 11 is 5.77. The maximum Gasteiger partial charge on any atom is 0.322 e. The fourth-order valence-corrected chi connectivity index (χ4v) is 4.39. The third-order valence-corrected chi connectivity index (χ3v) is 6.07. The molecule has 30 heavy (non-hydrogen) atoms. The van der Waals surface area contributed by atoms with Gasteiger partial charge in [0.1, 0.15) is 16.5 Å². The highest BCUT2D eigenvalue weighted by atomic mass is 35.5. The lowest BCUT2D eigenvalue weighted by Crippen LogP contribution is -2.29. The highest BCUT2D eigenvalue weighted by Gasteiger charge is 2.27. The van der Waals surface area contributed by atoms with E-state index >= 15 is 0 Å². The quantitative estimate of drug-likeness (QED) is 0.534. The zero-order chi connectivity index (χ0) is 22.1. The Morgan fingerprint density at radius 1 is 1.13 bits per heavy atom. The first-order chi connectivity index (χ1) is 14.1. The number of halogens is 4. The van der Waals surface area contributed by atoms with Crippen LogP contribution in [0, 0.1) is 17.5 Å². The minimum Gasteiger partial charge on any atom is -0.424 e. The van der Waals surface area contributed by atoms with Crippen LogP contribution in [0.5, 0.6) is 11.8 Å². The SMILES string of the molecule is CCn1c(Oc2ccc(F)cc2)nnc1[C@@H](C)NS(=O)(=O)c1cc(F)c(F)cc1Cl. The molecule has 1 N–H and O–H groups in total. The van der Waals surface area contributed by atoms with Crippen LogP contribution in [-0.2, 0) is 16.6 Å². The van der Waals surface area contributed by atoms with Gasteiger partial charge >= 0.3 is 6.01 Å². The molecule has 0 aliphatic heterocycles. The van der Waals surface area contributed by atoms with Crippen molar-refractivity contribution in [3.8, 4) is 11.8 Å². The third kappa shape index (κ3) is 4.58. The second kappa shape index (κ2) is 8.62. The third-order valence-electron chi connectivity index (χ3n) is 4.07. The number of hydrogen-bond acceptors (Lipinski definition) is 5. The Morgan fingerprint density at radius 2 is 1.77 bits per heavy atom. The lowest BCUT2D eigenvalue weighted by Gasteiger charge is -2.16. The van der Waals surface area contributed by atoms with E-state index < -0.39 is 43.4 Å². The predicted octanol–water partition coefficient (Wildman–Crippen LogP) is 4.20. The molecule has 2 aromatic carbocycles. The molecule has 0 aliphatic rings. The molecule has 0 aliphatic carbocycles. The Labute approximate surface area is 175 Å². The molecule has 0 fully saturated rings. The van der Waals surface area contributed by atoms with Gasteiger partial charge in [0.15, 0.2) is 17.5 Å². The summed E-state index contributed by atoms with van der Waals surface area (Å²) in [7, 11) is -4.31. The topological polar surface area (TPSA) is 86.1 Å². The summed E-state index contributed by atoms with van der Waals surface area (Å²) < 4.78 is 74.4. The van der Waals surface area contributed by atoms with Crippen molar-refractivity contribution in [1.82, 2.24) is 19.5 Å². The summed E-state index contributed by atoms with van der Waals surface area (Å²) in [6.07, 6.45) is 0. The van der Waals surface area contributed by atoms with Crippen LogP contribution in [0.2, 0.25) is 5.02 Å². The number of sulfonamides is 1. The Balaban J connectivity index is 1.86. The van der Waals surface area contributed by atoms with Gasteiger partial charge in [-0.1, -0.05) is 16.7 Å². The predicted molar refractivity (Wildman–Crippen MR) is 102 cm³/mol. The van der Waals surface area contributed by atoms with Gasteiger partial charge in [-0.05, 0) is 50.2 Å². The molecule has 0 saturated carbocycles. The molecule has 0 bridgehead atoms. The molecule has 1 aromatic heterocycles. The van der Waals surface area contributed by atoms with E-state index in [1.54, 1.807) is 6.92 Å². The van der Waals surface area contributed by atoms with E-state index in [1.807, 2.05) is 0 Å². The van der Waals surface area contributed by atoms with Crippen molar-refractivity contribution in [2.24, 2.45) is 0 Å². The first kappa shape index (κ1) is 22.1. The van der Waals surface area contributed by atoms with Gasteiger partial charge in [0.05, 0.1) is 11.1 Å². The number of ether oxygens (including phenoxy) is 1. The van der Waals surface area contributed by atoms with Gasteiger partial charge in [0, 0.05) is 6.54 Å². The van der Waals surface area contributed by atoms with Crippen molar-refractivity contribution in [3.05, 3.63) is 64.7 Å². The lowest BCUT2D eigenvalue weighted by atomic mass is 10.3. The van der Waals surface area contributed by atoms with Crippen LogP contribution in [0.1, 0.15) is 25.7 Å². The molecule has 0 radical (unpaired) electrons. The Hall–Kier alpha value is -2.63.